The van der Waals surface area contributed by atoms with Crippen LogP contribution >= 0.6 is 11.8 Å². The van der Waals surface area contributed by atoms with E-state index in [-0.39, 0.29) is 61.2 Å². The van der Waals surface area contributed by atoms with Gasteiger partial charge in [0, 0.05) is 4.90 Å². The third kappa shape index (κ3) is 8.34. The topological polar surface area (TPSA) is 104 Å². The smallest absolute Gasteiger partial charge is 0.560 e. The Kier molecular flexibility index (Phi) is 10.9. The molecule has 2 N–H and O–H groups in total. The van der Waals surface area contributed by atoms with Crippen molar-refractivity contribution in [1.82, 2.24) is 5.32 Å². The minimum absolute atomic E-state index is 0. The molecule has 0 atom stereocenters. The van der Waals surface area contributed by atoms with E-state index in [0.717, 1.165) is 18.1 Å². The number of amides is 2. The summed E-state index contributed by atoms with van der Waals surface area (Å²) < 4.78 is 22.1. The molecule has 0 bridgehead atoms. The van der Waals surface area contributed by atoms with E-state index in [9.17, 15) is 18.0 Å². The maximum atomic E-state index is 11.3. The van der Waals surface area contributed by atoms with Gasteiger partial charge >= 0.3 is 51.4 Å². The SMILES string of the molecule is CC[B]c1cc[c-]cc1.[K+].[NH-]S(=O)(=O)c1cccc(/C=C2\SC(=O)NC2=O)c1. The van der Waals surface area contributed by atoms with E-state index in [0.29, 0.717) is 5.56 Å². The minimum Gasteiger partial charge on any atom is -0.560 e. The first-order chi connectivity index (χ1) is 12.8. The van der Waals surface area contributed by atoms with Crippen LogP contribution in [0.1, 0.15) is 12.5 Å². The third-order valence-corrected chi connectivity index (χ3v) is 4.98. The minimum atomic E-state index is -4.04. The van der Waals surface area contributed by atoms with E-state index < -0.39 is 21.2 Å². The molecule has 139 valence electrons. The van der Waals surface area contributed by atoms with Crippen LogP contribution in [-0.2, 0) is 14.8 Å². The molecule has 2 amide bonds. The second kappa shape index (κ2) is 12.1. The number of rotatable bonds is 4. The molecule has 2 aromatic carbocycles. The molecule has 0 aliphatic carbocycles. The Morgan fingerprint density at radius 3 is 2.43 bits per heavy atom. The second-order valence-corrected chi connectivity index (χ2v) is 7.87. The van der Waals surface area contributed by atoms with Gasteiger partial charge in [0.2, 0.25) is 0 Å². The van der Waals surface area contributed by atoms with Crippen LogP contribution in [0.5, 0.6) is 0 Å². The summed E-state index contributed by atoms with van der Waals surface area (Å²) in [7, 11) is -1.85. The molecule has 2 aromatic rings. The van der Waals surface area contributed by atoms with Gasteiger partial charge in [0.15, 0.2) is 0 Å². The van der Waals surface area contributed by atoms with Crippen molar-refractivity contribution in [2.45, 2.75) is 18.1 Å². The molecule has 1 heterocycles. The number of benzene rings is 2. The first-order valence-electron chi connectivity index (χ1n) is 7.93. The maximum absolute atomic E-state index is 11.3. The zero-order valence-electron chi connectivity index (χ0n) is 15.4. The van der Waals surface area contributed by atoms with Crippen LogP contribution in [0.15, 0.2) is 58.3 Å². The fourth-order valence-electron chi connectivity index (χ4n) is 2.12. The summed E-state index contributed by atoms with van der Waals surface area (Å²) in [5.41, 5.74) is 1.73. The summed E-state index contributed by atoms with van der Waals surface area (Å²) in [5.74, 6) is -0.510. The molecule has 0 saturated carbocycles. The van der Waals surface area contributed by atoms with Crippen LogP contribution in [0.4, 0.5) is 4.79 Å². The summed E-state index contributed by atoms with van der Waals surface area (Å²) in [6.07, 6.45) is 2.50. The number of imide groups is 1. The summed E-state index contributed by atoms with van der Waals surface area (Å²) in [6.45, 7) is 2.14. The monoisotopic (exact) mass is 438 g/mol. The Morgan fingerprint density at radius 2 is 1.89 bits per heavy atom. The summed E-state index contributed by atoms with van der Waals surface area (Å²) in [5, 5.41) is 8.57. The number of hydrogen-bond donors (Lipinski definition) is 1. The van der Waals surface area contributed by atoms with Crippen molar-refractivity contribution in [2.24, 2.45) is 0 Å². The molecule has 3 rings (SSSR count). The molecule has 1 fully saturated rings. The molecule has 6 nitrogen and oxygen atoms in total. The van der Waals surface area contributed by atoms with Crippen LogP contribution in [-0.4, -0.2) is 26.8 Å². The first-order valence-corrected chi connectivity index (χ1v) is 10.2. The Hall–Kier alpha value is -0.719. The molecule has 0 aromatic heterocycles. The van der Waals surface area contributed by atoms with Crippen molar-refractivity contribution < 1.29 is 69.4 Å². The molecule has 1 saturated heterocycles. The van der Waals surface area contributed by atoms with Gasteiger partial charge in [0.25, 0.3) is 11.1 Å². The number of thioether (sulfide) groups is 1. The summed E-state index contributed by atoms with van der Waals surface area (Å²) in [4.78, 5) is 22.3. The number of nitrogens with one attached hydrogen (secondary N) is 2. The largest absolute Gasteiger partial charge is 1.00 e. The molecular formula is C18H16BKN2O4S2-. The van der Waals surface area contributed by atoms with E-state index in [4.69, 9.17) is 5.14 Å². The van der Waals surface area contributed by atoms with Crippen LogP contribution in [0, 0.1) is 6.07 Å². The van der Waals surface area contributed by atoms with Crippen molar-refractivity contribution in [2.75, 3.05) is 0 Å². The number of carbonyl (C=O) groups excluding carboxylic acids is 2. The van der Waals surface area contributed by atoms with Crippen LogP contribution in [0.2, 0.25) is 6.32 Å². The van der Waals surface area contributed by atoms with E-state index in [1.54, 1.807) is 6.07 Å². The van der Waals surface area contributed by atoms with E-state index >= 15 is 0 Å². The molecule has 0 unspecified atom stereocenters. The van der Waals surface area contributed by atoms with E-state index in [1.165, 1.54) is 29.7 Å². The van der Waals surface area contributed by atoms with Gasteiger partial charge < -0.3 is 5.14 Å². The third-order valence-electron chi connectivity index (χ3n) is 3.29. The Balaban J connectivity index is 0.000000332. The fourth-order valence-corrected chi connectivity index (χ4v) is 3.35. The van der Waals surface area contributed by atoms with E-state index in [2.05, 4.69) is 37.7 Å². The predicted molar refractivity (Wildman–Crippen MR) is 108 cm³/mol. The number of sulfonamides is 1. The van der Waals surface area contributed by atoms with Crippen LogP contribution < -0.4 is 62.2 Å². The van der Waals surface area contributed by atoms with Gasteiger partial charge in [-0.3, -0.25) is 14.9 Å². The zero-order chi connectivity index (χ0) is 19.9. The van der Waals surface area contributed by atoms with Crippen molar-refractivity contribution in [3.63, 3.8) is 0 Å². The quantitative estimate of drug-likeness (QED) is 0.412. The van der Waals surface area contributed by atoms with Crippen molar-refractivity contribution >= 4 is 51.7 Å². The van der Waals surface area contributed by atoms with Gasteiger partial charge in [-0.05, 0) is 35.5 Å². The Labute approximate surface area is 212 Å². The van der Waals surface area contributed by atoms with Gasteiger partial charge in [-0.1, -0.05) is 25.4 Å². The van der Waals surface area contributed by atoms with Gasteiger partial charge in [-0.25, -0.2) is 8.42 Å². The van der Waals surface area contributed by atoms with Crippen molar-refractivity contribution in [3.05, 3.63) is 70.2 Å². The molecule has 10 heteroatoms. The predicted octanol–water partition coefficient (Wildman–Crippen LogP) is 0.00989. The van der Waals surface area contributed by atoms with Gasteiger partial charge in [-0.2, -0.15) is 35.8 Å². The van der Waals surface area contributed by atoms with Crippen LogP contribution in [0.3, 0.4) is 0 Å². The van der Waals surface area contributed by atoms with Crippen LogP contribution in [0.25, 0.3) is 11.2 Å². The molecule has 1 radical (unpaired) electrons. The normalized spacial score (nSPS) is 14.6. The maximum Gasteiger partial charge on any atom is 1.00 e. The number of carbonyl (C=O) groups is 2. The molecule has 1 aliphatic heterocycles. The average Bonchev–Trinajstić information content (AvgIpc) is 2.93. The zero-order valence-corrected chi connectivity index (χ0v) is 20.2. The standard InChI is InChI=1S/C10H8N2O4S2.C8H9B.K/c11-18(15,16)7-3-1-2-6(4-7)5-8-9(13)12-10(14)17-8;1-2-9-8-6-4-3-5-7-8;/h1-5H,(H3,11,12,13,14,15,16);4-7H,2H2,1H3;/q;-1;+1/p-1/b8-5-;;. The summed E-state index contributed by atoms with van der Waals surface area (Å²) in [6, 6.07) is 16.6. The Bertz CT molecular complexity index is 967. The van der Waals surface area contributed by atoms with E-state index in [1.807, 2.05) is 12.1 Å². The second-order valence-electron chi connectivity index (χ2n) is 5.37. The first kappa shape index (κ1) is 25.3. The molecule has 28 heavy (non-hydrogen) atoms. The van der Waals surface area contributed by atoms with Crippen molar-refractivity contribution in [1.29, 1.82) is 0 Å². The van der Waals surface area contributed by atoms with Crippen molar-refractivity contribution in [3.8, 4) is 0 Å². The average molecular weight is 438 g/mol. The molecule has 1 aliphatic rings. The van der Waals surface area contributed by atoms with Gasteiger partial charge in [-0.15, -0.1) is 0 Å². The fraction of sp³-hybridized carbons (Fsp3) is 0.111. The van der Waals surface area contributed by atoms with Gasteiger partial charge in [0.05, 0.1) is 14.9 Å². The summed E-state index contributed by atoms with van der Waals surface area (Å²) >= 11 is 0.747. The van der Waals surface area contributed by atoms with Gasteiger partial charge in [0.1, 0.15) is 7.28 Å². The molecular weight excluding hydrogens is 422 g/mol. The number of hydrogen-bond acceptors (Lipinski definition) is 5. The molecule has 0 spiro atoms. The Morgan fingerprint density at radius 1 is 1.21 bits per heavy atom.